The largest absolute Gasteiger partial charge is 0.457 e. The smallest absolute Gasteiger partial charge is 0.338 e. The van der Waals surface area contributed by atoms with E-state index in [1.165, 1.54) is 0 Å². The lowest BCUT2D eigenvalue weighted by molar-refractivity contribution is -0.130. The predicted molar refractivity (Wildman–Crippen MR) is 84.0 cm³/mol. The van der Waals surface area contributed by atoms with Crippen molar-refractivity contribution in [2.75, 3.05) is 0 Å². The number of aliphatic hydroxyl groups excluding tert-OH is 1. The first-order chi connectivity index (χ1) is 10.5. The van der Waals surface area contributed by atoms with Crippen molar-refractivity contribution in [1.29, 1.82) is 0 Å². The van der Waals surface area contributed by atoms with Crippen molar-refractivity contribution in [1.82, 2.24) is 0 Å². The summed E-state index contributed by atoms with van der Waals surface area (Å²) in [6.45, 7) is 6.70. The van der Waals surface area contributed by atoms with Gasteiger partial charge in [0.05, 0.1) is 11.7 Å². The monoisotopic (exact) mass is 298 g/mol. The van der Waals surface area contributed by atoms with Crippen LogP contribution >= 0.6 is 0 Å². The van der Waals surface area contributed by atoms with E-state index < -0.39 is 12.1 Å². The van der Waals surface area contributed by atoms with Gasteiger partial charge in [0, 0.05) is 5.57 Å². The van der Waals surface area contributed by atoms with Gasteiger partial charge in [-0.2, -0.15) is 0 Å². The van der Waals surface area contributed by atoms with Crippen molar-refractivity contribution >= 4 is 5.97 Å². The van der Waals surface area contributed by atoms with Gasteiger partial charge in [-0.05, 0) is 38.1 Å². The quantitative estimate of drug-likeness (QED) is 0.515. The van der Waals surface area contributed by atoms with Crippen LogP contribution in [0.4, 0.5) is 0 Å². The summed E-state index contributed by atoms with van der Waals surface area (Å²) in [4.78, 5) is 11.7. The molecule has 4 nitrogen and oxygen atoms in total. The van der Waals surface area contributed by atoms with Gasteiger partial charge < -0.3 is 14.6 Å². The van der Waals surface area contributed by atoms with E-state index in [4.69, 9.17) is 9.47 Å². The van der Waals surface area contributed by atoms with Crippen LogP contribution in [0.25, 0.3) is 0 Å². The molecular formula is C18H18O4. The fraction of sp³-hybridized carbons (Fsp3) is 0.167. The lowest BCUT2D eigenvalue weighted by Gasteiger charge is -2.17. The molecule has 0 amide bonds. The number of hydrogen-bond acceptors (Lipinski definition) is 4. The summed E-state index contributed by atoms with van der Waals surface area (Å²) in [7, 11) is 0. The van der Waals surface area contributed by atoms with Crippen LogP contribution in [0.15, 0.2) is 60.7 Å². The van der Waals surface area contributed by atoms with Crippen LogP contribution < -0.4 is 9.47 Å². The van der Waals surface area contributed by atoms with E-state index in [0.717, 1.165) is 0 Å². The molecule has 0 radical (unpaired) electrons. The highest BCUT2D eigenvalue weighted by Gasteiger charge is 2.19. The van der Waals surface area contributed by atoms with Gasteiger partial charge in [0.2, 0.25) is 0 Å². The molecule has 0 fully saturated rings. The van der Waals surface area contributed by atoms with Gasteiger partial charge >= 0.3 is 5.97 Å². The third-order valence-corrected chi connectivity index (χ3v) is 2.97. The Morgan fingerprint density at radius 2 is 1.73 bits per heavy atom. The van der Waals surface area contributed by atoms with Crippen LogP contribution in [0.1, 0.15) is 25.5 Å². The number of esters is 1. The number of carbonyl (C=O) groups is 1. The first kappa shape index (κ1) is 15.8. The minimum Gasteiger partial charge on any atom is -0.457 e. The zero-order valence-corrected chi connectivity index (χ0v) is 12.6. The van der Waals surface area contributed by atoms with Crippen LogP contribution in [-0.4, -0.2) is 11.1 Å². The maximum Gasteiger partial charge on any atom is 0.338 e. The third kappa shape index (κ3) is 3.74. The van der Waals surface area contributed by atoms with Crippen molar-refractivity contribution in [3.05, 3.63) is 66.2 Å². The molecule has 1 atom stereocenters. The molecule has 2 aromatic rings. The molecule has 114 valence electrons. The summed E-state index contributed by atoms with van der Waals surface area (Å²) < 4.78 is 11.0. The van der Waals surface area contributed by atoms with Gasteiger partial charge in [0.1, 0.15) is 17.2 Å². The lowest BCUT2D eigenvalue weighted by Crippen LogP contribution is -2.11. The van der Waals surface area contributed by atoms with Crippen molar-refractivity contribution in [2.45, 2.75) is 20.0 Å². The van der Waals surface area contributed by atoms with Crippen molar-refractivity contribution in [3.63, 3.8) is 0 Å². The van der Waals surface area contributed by atoms with Crippen LogP contribution in [0, 0.1) is 0 Å². The molecule has 1 unspecified atom stereocenters. The molecule has 0 heterocycles. The molecule has 0 aromatic heterocycles. The zero-order valence-electron chi connectivity index (χ0n) is 12.6. The lowest BCUT2D eigenvalue weighted by atomic mass is 10.1. The molecule has 1 N–H and O–H groups in total. The van der Waals surface area contributed by atoms with Crippen LogP contribution in [0.3, 0.4) is 0 Å². The second-order valence-corrected chi connectivity index (χ2v) is 4.93. The van der Waals surface area contributed by atoms with Crippen molar-refractivity contribution in [2.24, 2.45) is 0 Å². The topological polar surface area (TPSA) is 55.8 Å². The van der Waals surface area contributed by atoms with Gasteiger partial charge in [-0.1, -0.05) is 30.8 Å². The van der Waals surface area contributed by atoms with Gasteiger partial charge in [-0.3, -0.25) is 0 Å². The fourth-order valence-electron chi connectivity index (χ4n) is 1.92. The Morgan fingerprint density at radius 1 is 1.09 bits per heavy atom. The number of ether oxygens (including phenoxy) is 2. The molecular weight excluding hydrogens is 280 g/mol. The molecule has 0 aliphatic heterocycles. The number of hydrogen-bond donors (Lipinski definition) is 1. The van der Waals surface area contributed by atoms with E-state index in [9.17, 15) is 9.90 Å². The molecule has 0 aliphatic carbocycles. The van der Waals surface area contributed by atoms with E-state index in [-0.39, 0.29) is 11.3 Å². The van der Waals surface area contributed by atoms with Crippen LogP contribution in [0.5, 0.6) is 17.2 Å². The van der Waals surface area contributed by atoms with Gasteiger partial charge in [0.25, 0.3) is 0 Å². The zero-order chi connectivity index (χ0) is 16.1. The van der Waals surface area contributed by atoms with E-state index in [1.54, 1.807) is 44.2 Å². The Balaban J connectivity index is 2.38. The van der Waals surface area contributed by atoms with E-state index in [2.05, 4.69) is 6.58 Å². The summed E-state index contributed by atoms with van der Waals surface area (Å²) in [5.74, 6) is 0.788. The van der Waals surface area contributed by atoms with E-state index in [1.807, 2.05) is 18.2 Å². The standard InChI is InChI=1S/C18H18O4/c1-12(2)18(20)22-16-11-7-10-15(17(16)13(3)19)21-14-8-5-4-6-9-14/h4-11,13,19H,1H2,2-3H3. The molecule has 0 spiro atoms. The minimum absolute atomic E-state index is 0.261. The molecule has 0 aliphatic rings. The first-order valence-electron chi connectivity index (χ1n) is 6.90. The fourth-order valence-corrected chi connectivity index (χ4v) is 1.92. The number of aliphatic hydroxyl groups is 1. The Bertz CT molecular complexity index is 675. The second kappa shape index (κ2) is 6.91. The Kier molecular flexibility index (Phi) is 4.96. The third-order valence-electron chi connectivity index (χ3n) is 2.97. The van der Waals surface area contributed by atoms with Crippen LogP contribution in [0.2, 0.25) is 0 Å². The Hall–Kier alpha value is -2.59. The summed E-state index contributed by atoms with van der Waals surface area (Å²) in [5.41, 5.74) is 0.701. The SMILES string of the molecule is C=C(C)C(=O)Oc1cccc(Oc2ccccc2)c1C(C)O. The van der Waals surface area contributed by atoms with Gasteiger partial charge in [-0.15, -0.1) is 0 Å². The predicted octanol–water partition coefficient (Wildman–Crippen LogP) is 4.01. The summed E-state index contributed by atoms with van der Waals surface area (Å²) in [6, 6.07) is 14.2. The number of carbonyl (C=O) groups excluding carboxylic acids is 1. The normalized spacial score (nSPS) is 11.6. The summed E-state index contributed by atoms with van der Waals surface area (Å²) in [6.07, 6.45) is -0.854. The Labute approximate surface area is 129 Å². The first-order valence-corrected chi connectivity index (χ1v) is 6.90. The molecule has 22 heavy (non-hydrogen) atoms. The Morgan fingerprint density at radius 3 is 2.32 bits per heavy atom. The molecule has 0 saturated carbocycles. The number of benzene rings is 2. The highest BCUT2D eigenvalue weighted by molar-refractivity contribution is 5.89. The minimum atomic E-state index is -0.854. The number of para-hydroxylation sites is 1. The summed E-state index contributed by atoms with van der Waals surface area (Å²) >= 11 is 0. The highest BCUT2D eigenvalue weighted by atomic mass is 16.5. The van der Waals surface area contributed by atoms with E-state index in [0.29, 0.717) is 17.1 Å². The summed E-state index contributed by atoms with van der Waals surface area (Å²) in [5, 5.41) is 10.0. The average Bonchev–Trinajstić information content (AvgIpc) is 2.48. The average molecular weight is 298 g/mol. The van der Waals surface area contributed by atoms with Gasteiger partial charge in [-0.25, -0.2) is 4.79 Å². The second-order valence-electron chi connectivity index (χ2n) is 4.93. The van der Waals surface area contributed by atoms with E-state index >= 15 is 0 Å². The van der Waals surface area contributed by atoms with Crippen molar-refractivity contribution < 1.29 is 19.4 Å². The molecule has 2 aromatic carbocycles. The molecule has 0 saturated heterocycles. The maximum atomic E-state index is 11.7. The molecule has 2 rings (SSSR count). The van der Waals surface area contributed by atoms with Gasteiger partial charge in [0.15, 0.2) is 0 Å². The number of rotatable bonds is 5. The molecule has 0 bridgehead atoms. The maximum absolute atomic E-state index is 11.7. The van der Waals surface area contributed by atoms with Crippen LogP contribution in [-0.2, 0) is 4.79 Å². The van der Waals surface area contributed by atoms with Crippen molar-refractivity contribution in [3.8, 4) is 17.2 Å². The highest BCUT2D eigenvalue weighted by Crippen LogP contribution is 2.36. The molecule has 4 heteroatoms.